The maximum absolute atomic E-state index is 12.5. The fourth-order valence-corrected chi connectivity index (χ4v) is 5.07. The van der Waals surface area contributed by atoms with Crippen LogP contribution in [0.3, 0.4) is 0 Å². The van der Waals surface area contributed by atoms with Gasteiger partial charge in [0, 0.05) is 25.7 Å². The summed E-state index contributed by atoms with van der Waals surface area (Å²) < 4.78 is 30.9. The number of carbonyl (C=O) groups excluding carboxylic acids is 1. The van der Waals surface area contributed by atoms with Gasteiger partial charge in [-0.3, -0.25) is 0 Å². The zero-order valence-corrected chi connectivity index (χ0v) is 17.3. The summed E-state index contributed by atoms with van der Waals surface area (Å²) in [5.41, 5.74) is 5.63. The number of urea groups is 1. The van der Waals surface area contributed by atoms with Crippen molar-refractivity contribution in [3.63, 3.8) is 0 Å². The molecule has 8 heteroatoms. The Labute approximate surface area is 171 Å². The van der Waals surface area contributed by atoms with Crippen LogP contribution in [0.4, 0.5) is 10.5 Å². The van der Waals surface area contributed by atoms with Gasteiger partial charge in [0.25, 0.3) is 0 Å². The number of nitrogens with one attached hydrogen (secondary N) is 2. The van der Waals surface area contributed by atoms with Gasteiger partial charge in [-0.05, 0) is 40.8 Å². The maximum atomic E-state index is 12.5. The molecule has 1 heterocycles. The van der Waals surface area contributed by atoms with Gasteiger partial charge in [-0.15, -0.1) is 0 Å². The van der Waals surface area contributed by atoms with Crippen molar-refractivity contribution in [3.05, 3.63) is 53.6 Å². The van der Waals surface area contributed by atoms with Crippen LogP contribution in [0.15, 0.2) is 42.5 Å². The normalized spacial score (nSPS) is 20.4. The van der Waals surface area contributed by atoms with Gasteiger partial charge in [-0.2, -0.15) is 0 Å². The Morgan fingerprint density at radius 1 is 1.10 bits per heavy atom. The van der Waals surface area contributed by atoms with E-state index >= 15 is 0 Å². The molecule has 2 aliphatic rings. The Morgan fingerprint density at radius 2 is 1.86 bits per heavy atom. The highest BCUT2D eigenvalue weighted by Crippen LogP contribution is 2.37. The van der Waals surface area contributed by atoms with E-state index in [1.165, 1.54) is 40.7 Å². The minimum Gasteiger partial charge on any atom is -0.379 e. The summed E-state index contributed by atoms with van der Waals surface area (Å²) in [5, 5.41) is 5.73. The number of nitrogens with zero attached hydrogens (tertiary/aromatic N) is 1. The first-order valence-corrected chi connectivity index (χ1v) is 11.2. The number of sulfonamides is 1. The van der Waals surface area contributed by atoms with Crippen LogP contribution >= 0.6 is 0 Å². The summed E-state index contributed by atoms with van der Waals surface area (Å²) in [4.78, 5) is 12.5. The lowest BCUT2D eigenvalue weighted by Crippen LogP contribution is -2.45. The van der Waals surface area contributed by atoms with E-state index < -0.39 is 10.0 Å². The lowest BCUT2D eigenvalue weighted by Gasteiger charge is -2.21. The second-order valence-corrected chi connectivity index (χ2v) is 10.00. The van der Waals surface area contributed by atoms with Gasteiger partial charge in [0.05, 0.1) is 25.0 Å². The number of hydrogen-bond acceptors (Lipinski definition) is 4. The van der Waals surface area contributed by atoms with Crippen LogP contribution in [-0.4, -0.2) is 57.9 Å². The monoisotopic (exact) mass is 415 g/mol. The van der Waals surface area contributed by atoms with Crippen LogP contribution in [-0.2, 0) is 21.2 Å². The fraction of sp³-hybridized carbons (Fsp3) is 0.381. The van der Waals surface area contributed by atoms with Gasteiger partial charge in [0.15, 0.2) is 0 Å². The number of rotatable bonds is 5. The molecule has 29 heavy (non-hydrogen) atoms. The van der Waals surface area contributed by atoms with Crippen molar-refractivity contribution in [1.29, 1.82) is 0 Å². The van der Waals surface area contributed by atoms with Crippen molar-refractivity contribution in [2.75, 3.05) is 38.4 Å². The Kier molecular flexibility index (Phi) is 5.33. The van der Waals surface area contributed by atoms with E-state index in [1.807, 2.05) is 30.3 Å². The summed E-state index contributed by atoms with van der Waals surface area (Å²) in [6.07, 6.45) is 0.851. The molecule has 1 aliphatic carbocycles. The summed E-state index contributed by atoms with van der Waals surface area (Å²) >= 11 is 0. The number of benzene rings is 2. The van der Waals surface area contributed by atoms with E-state index in [0.717, 1.165) is 6.42 Å². The summed E-state index contributed by atoms with van der Waals surface area (Å²) in [6.45, 7) is 0.621. The highest BCUT2D eigenvalue weighted by atomic mass is 32.2. The van der Waals surface area contributed by atoms with E-state index in [4.69, 9.17) is 4.74 Å². The predicted molar refractivity (Wildman–Crippen MR) is 112 cm³/mol. The van der Waals surface area contributed by atoms with Crippen LogP contribution in [0, 0.1) is 5.92 Å². The van der Waals surface area contributed by atoms with Crippen LogP contribution in [0.5, 0.6) is 0 Å². The third kappa shape index (κ3) is 4.14. The van der Waals surface area contributed by atoms with Crippen molar-refractivity contribution in [3.8, 4) is 11.1 Å². The molecule has 1 fully saturated rings. The standard InChI is InChI=1S/C21H25N3O4S/c1-24(2)29(26,27)13-16-11-28-12-20(16)23-21(25)22-17-7-8-19-15(10-17)9-14-5-3-4-6-18(14)19/h3-8,10,16,20H,9,11-13H2,1-2H3,(H2,22,23,25)/t16-,20-/m0/s1. The number of ether oxygens (including phenoxy) is 1. The number of anilines is 1. The van der Waals surface area contributed by atoms with E-state index in [-0.39, 0.29) is 23.7 Å². The Balaban J connectivity index is 1.40. The van der Waals surface area contributed by atoms with E-state index in [9.17, 15) is 13.2 Å². The van der Waals surface area contributed by atoms with Crippen LogP contribution in [0.25, 0.3) is 11.1 Å². The average Bonchev–Trinajstić information content (AvgIpc) is 3.24. The Hall–Kier alpha value is -2.42. The third-order valence-corrected chi connectivity index (χ3v) is 7.51. The molecular weight excluding hydrogens is 390 g/mol. The zero-order chi connectivity index (χ0) is 20.6. The molecule has 0 spiro atoms. The minimum absolute atomic E-state index is 0.0535. The van der Waals surface area contributed by atoms with Gasteiger partial charge in [0.1, 0.15) is 0 Å². The highest BCUT2D eigenvalue weighted by molar-refractivity contribution is 7.89. The molecule has 0 unspecified atom stereocenters. The summed E-state index contributed by atoms with van der Waals surface area (Å²) in [5.74, 6) is -0.329. The number of carbonyl (C=O) groups is 1. The van der Waals surface area contributed by atoms with Gasteiger partial charge in [-0.1, -0.05) is 30.3 Å². The van der Waals surface area contributed by atoms with Crippen LogP contribution in [0.1, 0.15) is 11.1 Å². The van der Waals surface area contributed by atoms with Gasteiger partial charge < -0.3 is 15.4 Å². The minimum atomic E-state index is -3.36. The molecule has 0 aromatic heterocycles. The number of hydrogen-bond donors (Lipinski definition) is 2. The molecule has 2 N–H and O–H groups in total. The predicted octanol–water partition coefficient (Wildman–Crippen LogP) is 2.29. The Bertz CT molecular complexity index is 1040. The van der Waals surface area contributed by atoms with Crippen molar-refractivity contribution >= 4 is 21.7 Å². The Morgan fingerprint density at radius 3 is 2.66 bits per heavy atom. The van der Waals surface area contributed by atoms with Crippen molar-refractivity contribution < 1.29 is 17.9 Å². The molecule has 7 nitrogen and oxygen atoms in total. The lowest BCUT2D eigenvalue weighted by molar-refractivity contribution is 0.184. The third-order valence-electron chi connectivity index (χ3n) is 5.55. The smallest absolute Gasteiger partial charge is 0.319 e. The van der Waals surface area contributed by atoms with E-state index in [1.54, 1.807) is 0 Å². The molecule has 0 bridgehead atoms. The molecular formula is C21H25N3O4S. The first kappa shape index (κ1) is 19.9. The van der Waals surface area contributed by atoms with Gasteiger partial charge in [-0.25, -0.2) is 17.5 Å². The molecule has 1 aliphatic heterocycles. The van der Waals surface area contributed by atoms with E-state index in [0.29, 0.717) is 18.9 Å². The van der Waals surface area contributed by atoms with Crippen molar-refractivity contribution in [1.82, 2.24) is 9.62 Å². The van der Waals surface area contributed by atoms with Gasteiger partial charge >= 0.3 is 6.03 Å². The molecule has 2 amide bonds. The van der Waals surface area contributed by atoms with Crippen molar-refractivity contribution in [2.45, 2.75) is 12.5 Å². The van der Waals surface area contributed by atoms with Crippen LogP contribution in [0.2, 0.25) is 0 Å². The quantitative estimate of drug-likeness (QED) is 0.669. The molecule has 2 aromatic carbocycles. The molecule has 1 saturated heterocycles. The lowest BCUT2D eigenvalue weighted by atomic mass is 10.1. The topological polar surface area (TPSA) is 87.7 Å². The average molecular weight is 416 g/mol. The molecule has 2 atom stereocenters. The fourth-order valence-electron chi connectivity index (χ4n) is 3.90. The maximum Gasteiger partial charge on any atom is 0.319 e. The van der Waals surface area contributed by atoms with Crippen LogP contribution < -0.4 is 10.6 Å². The van der Waals surface area contributed by atoms with Crippen molar-refractivity contribution in [2.24, 2.45) is 5.92 Å². The molecule has 4 rings (SSSR count). The first-order chi connectivity index (χ1) is 13.8. The molecule has 0 radical (unpaired) electrons. The molecule has 2 aromatic rings. The highest BCUT2D eigenvalue weighted by Gasteiger charge is 2.34. The van der Waals surface area contributed by atoms with Gasteiger partial charge in [0.2, 0.25) is 10.0 Å². The zero-order valence-electron chi connectivity index (χ0n) is 16.5. The largest absolute Gasteiger partial charge is 0.379 e. The second kappa shape index (κ2) is 7.78. The number of fused-ring (bicyclic) bond motifs is 3. The molecule has 0 saturated carbocycles. The second-order valence-electron chi connectivity index (χ2n) is 7.77. The number of amides is 2. The van der Waals surface area contributed by atoms with E-state index in [2.05, 4.69) is 22.8 Å². The summed E-state index contributed by atoms with van der Waals surface area (Å²) in [7, 11) is -0.348. The molecule has 154 valence electrons. The summed E-state index contributed by atoms with van der Waals surface area (Å²) in [6, 6.07) is 13.5. The first-order valence-electron chi connectivity index (χ1n) is 9.60. The SMILES string of the molecule is CN(C)S(=O)(=O)C[C@@H]1COC[C@@H]1NC(=O)Nc1ccc2c(c1)Cc1ccccc1-2.